The summed E-state index contributed by atoms with van der Waals surface area (Å²) in [5.74, 6) is -1.94. The second kappa shape index (κ2) is 5.08. The standard InChI is InChI=1S/C17H15FO2/c18-15-9-5-4-8-12(15)16(17(19)20)14-10-13(14)11-6-2-1-3-7-11/h1-9,13-14,16H,10H2,(H,19,20). The fraction of sp³-hybridized carbons (Fsp3) is 0.235. The molecular formula is C17H15FO2. The zero-order valence-electron chi connectivity index (χ0n) is 10.9. The molecule has 0 saturated heterocycles. The predicted molar refractivity (Wildman–Crippen MR) is 74.1 cm³/mol. The molecule has 102 valence electrons. The lowest BCUT2D eigenvalue weighted by molar-refractivity contribution is -0.139. The molecule has 2 aromatic carbocycles. The van der Waals surface area contributed by atoms with Gasteiger partial charge in [0.05, 0.1) is 5.92 Å². The molecule has 0 bridgehead atoms. The molecule has 1 aliphatic rings. The number of rotatable bonds is 4. The minimum atomic E-state index is -0.946. The van der Waals surface area contributed by atoms with Crippen LogP contribution in [-0.2, 0) is 4.79 Å². The summed E-state index contributed by atoms with van der Waals surface area (Å²) in [5, 5.41) is 9.46. The number of halogens is 1. The van der Waals surface area contributed by atoms with E-state index in [0.717, 1.165) is 12.0 Å². The smallest absolute Gasteiger partial charge is 0.311 e. The average Bonchev–Trinajstić information content (AvgIpc) is 3.22. The van der Waals surface area contributed by atoms with Crippen LogP contribution in [0.4, 0.5) is 4.39 Å². The number of carbonyl (C=O) groups is 1. The van der Waals surface area contributed by atoms with E-state index < -0.39 is 17.7 Å². The molecule has 2 nitrogen and oxygen atoms in total. The molecule has 0 aliphatic heterocycles. The average molecular weight is 270 g/mol. The van der Waals surface area contributed by atoms with Crippen LogP contribution in [0.5, 0.6) is 0 Å². The molecule has 1 aliphatic carbocycles. The van der Waals surface area contributed by atoms with Crippen molar-refractivity contribution in [1.82, 2.24) is 0 Å². The van der Waals surface area contributed by atoms with Crippen molar-refractivity contribution in [1.29, 1.82) is 0 Å². The van der Waals surface area contributed by atoms with Crippen molar-refractivity contribution >= 4 is 5.97 Å². The van der Waals surface area contributed by atoms with Crippen LogP contribution in [0.2, 0.25) is 0 Å². The third-order valence-electron chi connectivity index (χ3n) is 4.00. The lowest BCUT2D eigenvalue weighted by Gasteiger charge is -2.13. The lowest BCUT2D eigenvalue weighted by atomic mass is 9.91. The fourth-order valence-electron chi connectivity index (χ4n) is 2.94. The first-order valence-corrected chi connectivity index (χ1v) is 6.70. The van der Waals surface area contributed by atoms with E-state index in [2.05, 4.69) is 0 Å². The Morgan fingerprint density at radius 3 is 2.40 bits per heavy atom. The van der Waals surface area contributed by atoms with Crippen molar-refractivity contribution in [2.24, 2.45) is 5.92 Å². The molecule has 0 radical (unpaired) electrons. The second-order valence-electron chi connectivity index (χ2n) is 5.25. The van der Waals surface area contributed by atoms with Crippen LogP contribution in [0, 0.1) is 11.7 Å². The van der Waals surface area contributed by atoms with E-state index in [1.807, 2.05) is 30.3 Å². The molecule has 1 fully saturated rings. The highest BCUT2D eigenvalue weighted by Gasteiger charge is 2.48. The summed E-state index contributed by atoms with van der Waals surface area (Å²) in [6, 6.07) is 16.0. The molecule has 3 rings (SSSR count). The third-order valence-corrected chi connectivity index (χ3v) is 4.00. The Hall–Kier alpha value is -2.16. The van der Waals surface area contributed by atoms with Crippen molar-refractivity contribution in [3.63, 3.8) is 0 Å². The van der Waals surface area contributed by atoms with E-state index in [-0.39, 0.29) is 11.8 Å². The number of carboxylic acids is 1. The summed E-state index contributed by atoms with van der Waals surface area (Å²) >= 11 is 0. The summed E-state index contributed by atoms with van der Waals surface area (Å²) in [6.45, 7) is 0. The lowest BCUT2D eigenvalue weighted by Crippen LogP contribution is -2.16. The minimum absolute atomic E-state index is 0.0215. The van der Waals surface area contributed by atoms with Gasteiger partial charge in [0.15, 0.2) is 0 Å². The first-order valence-electron chi connectivity index (χ1n) is 6.70. The van der Waals surface area contributed by atoms with Gasteiger partial charge in [-0.05, 0) is 29.9 Å². The Kier molecular flexibility index (Phi) is 3.26. The number of hydrogen-bond acceptors (Lipinski definition) is 1. The Balaban J connectivity index is 1.88. The van der Waals surface area contributed by atoms with Crippen LogP contribution >= 0.6 is 0 Å². The number of hydrogen-bond donors (Lipinski definition) is 1. The highest BCUT2D eigenvalue weighted by Crippen LogP contribution is 2.55. The van der Waals surface area contributed by atoms with Gasteiger partial charge in [-0.15, -0.1) is 0 Å². The normalized spacial score (nSPS) is 22.2. The first-order chi connectivity index (χ1) is 9.68. The van der Waals surface area contributed by atoms with E-state index in [1.165, 1.54) is 6.07 Å². The molecule has 0 spiro atoms. The van der Waals surface area contributed by atoms with Gasteiger partial charge in [0.25, 0.3) is 0 Å². The van der Waals surface area contributed by atoms with Gasteiger partial charge in [-0.2, -0.15) is 0 Å². The zero-order valence-corrected chi connectivity index (χ0v) is 10.9. The molecule has 3 unspecified atom stereocenters. The summed E-state index contributed by atoms with van der Waals surface area (Å²) in [7, 11) is 0. The maximum atomic E-state index is 13.9. The number of aliphatic carboxylic acids is 1. The summed E-state index contributed by atoms with van der Waals surface area (Å²) < 4.78 is 13.9. The molecule has 3 heteroatoms. The monoisotopic (exact) mass is 270 g/mol. The van der Waals surface area contributed by atoms with E-state index in [4.69, 9.17) is 0 Å². The molecule has 0 amide bonds. The number of benzene rings is 2. The van der Waals surface area contributed by atoms with Gasteiger partial charge in [-0.3, -0.25) is 4.79 Å². The fourth-order valence-corrected chi connectivity index (χ4v) is 2.94. The summed E-state index contributed by atoms with van der Waals surface area (Å²) in [4.78, 5) is 11.5. The van der Waals surface area contributed by atoms with Crippen molar-refractivity contribution < 1.29 is 14.3 Å². The molecule has 0 aromatic heterocycles. The summed E-state index contributed by atoms with van der Waals surface area (Å²) in [5.41, 5.74) is 1.43. The second-order valence-corrected chi connectivity index (χ2v) is 5.25. The summed E-state index contributed by atoms with van der Waals surface area (Å²) in [6.07, 6.45) is 0.801. The zero-order chi connectivity index (χ0) is 14.1. The highest BCUT2D eigenvalue weighted by molar-refractivity contribution is 5.77. The van der Waals surface area contributed by atoms with Gasteiger partial charge in [-0.25, -0.2) is 4.39 Å². The predicted octanol–water partition coefficient (Wildman–Crippen LogP) is 3.80. The van der Waals surface area contributed by atoms with Crippen LogP contribution in [0.25, 0.3) is 0 Å². The van der Waals surface area contributed by atoms with Crippen LogP contribution in [0.1, 0.15) is 29.4 Å². The van der Waals surface area contributed by atoms with Crippen molar-refractivity contribution in [2.75, 3.05) is 0 Å². The Morgan fingerprint density at radius 1 is 1.10 bits per heavy atom. The van der Waals surface area contributed by atoms with Crippen molar-refractivity contribution in [3.05, 3.63) is 71.5 Å². The molecule has 3 atom stereocenters. The first kappa shape index (κ1) is 12.9. The van der Waals surface area contributed by atoms with Crippen molar-refractivity contribution in [3.8, 4) is 0 Å². The van der Waals surface area contributed by atoms with Crippen LogP contribution in [0.15, 0.2) is 54.6 Å². The van der Waals surface area contributed by atoms with Crippen molar-refractivity contribution in [2.45, 2.75) is 18.3 Å². The molecule has 20 heavy (non-hydrogen) atoms. The number of carboxylic acid groups (broad SMARTS) is 1. The van der Waals surface area contributed by atoms with Gasteiger partial charge in [0.1, 0.15) is 5.82 Å². The van der Waals surface area contributed by atoms with Crippen LogP contribution in [0.3, 0.4) is 0 Å². The van der Waals surface area contributed by atoms with Gasteiger partial charge >= 0.3 is 5.97 Å². The Morgan fingerprint density at radius 2 is 1.75 bits per heavy atom. The van der Waals surface area contributed by atoms with Gasteiger partial charge in [-0.1, -0.05) is 48.5 Å². The minimum Gasteiger partial charge on any atom is -0.481 e. The Labute approximate surface area is 116 Å². The van der Waals surface area contributed by atoms with Crippen LogP contribution < -0.4 is 0 Å². The van der Waals surface area contributed by atoms with Gasteiger partial charge in [0.2, 0.25) is 0 Å². The van der Waals surface area contributed by atoms with Gasteiger partial charge < -0.3 is 5.11 Å². The maximum absolute atomic E-state index is 13.9. The SMILES string of the molecule is O=C(O)C(c1ccccc1F)C1CC1c1ccccc1. The van der Waals surface area contributed by atoms with Crippen LogP contribution in [-0.4, -0.2) is 11.1 Å². The van der Waals surface area contributed by atoms with E-state index in [0.29, 0.717) is 5.56 Å². The van der Waals surface area contributed by atoms with Gasteiger partial charge in [0, 0.05) is 5.56 Å². The maximum Gasteiger partial charge on any atom is 0.311 e. The molecule has 1 N–H and O–H groups in total. The highest BCUT2D eigenvalue weighted by atomic mass is 19.1. The molecule has 0 heterocycles. The van der Waals surface area contributed by atoms with E-state index >= 15 is 0 Å². The third kappa shape index (κ3) is 2.31. The van der Waals surface area contributed by atoms with E-state index in [1.54, 1.807) is 18.2 Å². The Bertz CT molecular complexity index is 624. The quantitative estimate of drug-likeness (QED) is 0.917. The molecular weight excluding hydrogens is 255 g/mol. The molecule has 1 saturated carbocycles. The molecule has 2 aromatic rings. The largest absolute Gasteiger partial charge is 0.481 e. The van der Waals surface area contributed by atoms with E-state index in [9.17, 15) is 14.3 Å². The topological polar surface area (TPSA) is 37.3 Å².